The van der Waals surface area contributed by atoms with Gasteiger partial charge in [-0.3, -0.25) is 9.69 Å². The zero-order chi connectivity index (χ0) is 13.8. The van der Waals surface area contributed by atoms with Gasteiger partial charge in [-0.2, -0.15) is 0 Å². The van der Waals surface area contributed by atoms with Gasteiger partial charge in [0.1, 0.15) is 5.82 Å². The summed E-state index contributed by atoms with van der Waals surface area (Å²) in [7, 11) is 0. The van der Waals surface area contributed by atoms with Crippen molar-refractivity contribution in [3.8, 4) is 0 Å². The van der Waals surface area contributed by atoms with Gasteiger partial charge in [0.05, 0.1) is 6.04 Å². The molecule has 1 aliphatic rings. The molecular weight excluding hydrogens is 240 g/mol. The third-order valence-electron chi connectivity index (χ3n) is 3.89. The van der Waals surface area contributed by atoms with Crippen LogP contribution in [0.4, 0.5) is 0 Å². The number of piperazine rings is 1. The molecule has 1 aromatic heterocycles. The Morgan fingerprint density at radius 2 is 2.00 bits per heavy atom. The van der Waals surface area contributed by atoms with Crippen molar-refractivity contribution in [2.24, 2.45) is 0 Å². The van der Waals surface area contributed by atoms with Crippen molar-refractivity contribution >= 4 is 0 Å². The van der Waals surface area contributed by atoms with E-state index < -0.39 is 0 Å². The van der Waals surface area contributed by atoms with Gasteiger partial charge in [-0.1, -0.05) is 13.8 Å². The first-order chi connectivity index (χ1) is 9.17. The van der Waals surface area contributed by atoms with Crippen LogP contribution in [-0.2, 0) is 6.42 Å². The average Bonchev–Trinajstić information content (AvgIpc) is 2.40. The van der Waals surface area contributed by atoms with Crippen molar-refractivity contribution in [3.63, 3.8) is 0 Å². The number of aromatic nitrogens is 2. The number of hydrogen-bond donors (Lipinski definition) is 2. The number of H-pyrrole nitrogens is 1. The van der Waals surface area contributed by atoms with Crippen LogP contribution in [0.5, 0.6) is 0 Å². The molecule has 5 nitrogen and oxygen atoms in total. The van der Waals surface area contributed by atoms with Crippen LogP contribution in [0.3, 0.4) is 0 Å². The van der Waals surface area contributed by atoms with E-state index in [1.54, 1.807) is 0 Å². The van der Waals surface area contributed by atoms with Crippen LogP contribution in [0.25, 0.3) is 0 Å². The van der Waals surface area contributed by atoms with E-state index in [1.165, 1.54) is 0 Å². The monoisotopic (exact) mass is 264 g/mol. The van der Waals surface area contributed by atoms with E-state index in [4.69, 9.17) is 0 Å². The van der Waals surface area contributed by atoms with Crippen molar-refractivity contribution in [2.75, 3.05) is 26.2 Å². The molecule has 0 aromatic carbocycles. The first-order valence-corrected chi connectivity index (χ1v) is 7.21. The standard InChI is InChI=1S/C14H24N4O/c1-4-11-10(3)16-13(17-14(11)19)12(5-2)18-8-6-15-7-9-18/h12,15H,4-9H2,1-3H3,(H,16,17,19). The van der Waals surface area contributed by atoms with E-state index in [2.05, 4.69) is 27.1 Å². The summed E-state index contributed by atoms with van der Waals surface area (Å²) in [5.41, 5.74) is 1.70. The summed E-state index contributed by atoms with van der Waals surface area (Å²) in [5, 5.41) is 3.35. The summed E-state index contributed by atoms with van der Waals surface area (Å²) in [6, 6.07) is 0.222. The number of nitrogens with one attached hydrogen (secondary N) is 2. The average molecular weight is 264 g/mol. The smallest absolute Gasteiger partial charge is 0.254 e. The Kier molecular flexibility index (Phi) is 4.71. The molecule has 0 spiro atoms. The molecule has 1 saturated heterocycles. The Bertz CT molecular complexity index is 477. The Labute approximate surface area is 114 Å². The molecular formula is C14H24N4O. The van der Waals surface area contributed by atoms with E-state index >= 15 is 0 Å². The molecule has 19 heavy (non-hydrogen) atoms. The molecule has 1 aromatic rings. The number of hydrogen-bond acceptors (Lipinski definition) is 4. The van der Waals surface area contributed by atoms with Crippen molar-refractivity contribution in [2.45, 2.75) is 39.7 Å². The number of nitrogens with zero attached hydrogens (tertiary/aromatic N) is 2. The highest BCUT2D eigenvalue weighted by Crippen LogP contribution is 2.21. The Hall–Kier alpha value is -1.20. The number of aryl methyl sites for hydroxylation is 1. The van der Waals surface area contributed by atoms with Crippen LogP contribution in [-0.4, -0.2) is 41.0 Å². The lowest BCUT2D eigenvalue weighted by Gasteiger charge is -2.33. The topological polar surface area (TPSA) is 61.0 Å². The lowest BCUT2D eigenvalue weighted by molar-refractivity contribution is 0.162. The van der Waals surface area contributed by atoms with Crippen LogP contribution >= 0.6 is 0 Å². The third-order valence-corrected chi connectivity index (χ3v) is 3.89. The van der Waals surface area contributed by atoms with Crippen LogP contribution < -0.4 is 10.9 Å². The minimum absolute atomic E-state index is 0.0265. The molecule has 2 rings (SSSR count). The van der Waals surface area contributed by atoms with Crippen molar-refractivity contribution in [3.05, 3.63) is 27.4 Å². The van der Waals surface area contributed by atoms with Gasteiger partial charge in [0.25, 0.3) is 5.56 Å². The molecule has 2 heterocycles. The van der Waals surface area contributed by atoms with Crippen LogP contribution in [0.1, 0.15) is 43.4 Å². The second kappa shape index (κ2) is 6.30. The molecule has 1 atom stereocenters. The predicted octanol–water partition coefficient (Wildman–Crippen LogP) is 0.997. The first-order valence-electron chi connectivity index (χ1n) is 7.21. The quantitative estimate of drug-likeness (QED) is 0.851. The van der Waals surface area contributed by atoms with Gasteiger partial charge in [0.15, 0.2) is 0 Å². The second-order valence-corrected chi connectivity index (χ2v) is 5.08. The van der Waals surface area contributed by atoms with Gasteiger partial charge in [-0.05, 0) is 19.8 Å². The summed E-state index contributed by atoms with van der Waals surface area (Å²) in [5.74, 6) is 0.823. The lowest BCUT2D eigenvalue weighted by atomic mass is 10.1. The minimum atomic E-state index is 0.0265. The van der Waals surface area contributed by atoms with Crippen molar-refractivity contribution in [1.82, 2.24) is 20.2 Å². The summed E-state index contributed by atoms with van der Waals surface area (Å²) in [6.45, 7) is 10.1. The molecule has 106 valence electrons. The molecule has 0 radical (unpaired) electrons. The molecule has 0 aliphatic carbocycles. The van der Waals surface area contributed by atoms with Gasteiger partial charge in [0, 0.05) is 37.4 Å². The summed E-state index contributed by atoms with van der Waals surface area (Å²) in [6.07, 6.45) is 1.70. The summed E-state index contributed by atoms with van der Waals surface area (Å²) in [4.78, 5) is 22.1. The number of aromatic amines is 1. The van der Waals surface area contributed by atoms with Gasteiger partial charge < -0.3 is 10.3 Å². The molecule has 0 saturated carbocycles. The summed E-state index contributed by atoms with van der Waals surface area (Å²) >= 11 is 0. The van der Waals surface area contributed by atoms with E-state index in [0.717, 1.165) is 56.1 Å². The van der Waals surface area contributed by atoms with Gasteiger partial charge in [-0.15, -0.1) is 0 Å². The molecule has 1 fully saturated rings. The molecule has 1 aliphatic heterocycles. The molecule has 0 bridgehead atoms. The van der Waals surface area contributed by atoms with E-state index in [9.17, 15) is 4.79 Å². The van der Waals surface area contributed by atoms with Crippen LogP contribution in [0, 0.1) is 6.92 Å². The van der Waals surface area contributed by atoms with E-state index in [1.807, 2.05) is 13.8 Å². The fourth-order valence-corrected chi connectivity index (χ4v) is 2.82. The first kappa shape index (κ1) is 14.2. The second-order valence-electron chi connectivity index (χ2n) is 5.08. The summed E-state index contributed by atoms with van der Waals surface area (Å²) < 4.78 is 0. The normalized spacial score (nSPS) is 18.5. The van der Waals surface area contributed by atoms with Gasteiger partial charge in [-0.25, -0.2) is 4.98 Å². The zero-order valence-corrected chi connectivity index (χ0v) is 12.1. The largest absolute Gasteiger partial charge is 0.314 e. The molecule has 2 N–H and O–H groups in total. The molecule has 0 amide bonds. The Morgan fingerprint density at radius 1 is 1.32 bits per heavy atom. The Morgan fingerprint density at radius 3 is 2.53 bits per heavy atom. The molecule has 5 heteroatoms. The maximum absolute atomic E-state index is 12.1. The van der Waals surface area contributed by atoms with Crippen molar-refractivity contribution < 1.29 is 0 Å². The van der Waals surface area contributed by atoms with Crippen LogP contribution in [0.2, 0.25) is 0 Å². The predicted molar refractivity (Wildman–Crippen MR) is 76.4 cm³/mol. The fraction of sp³-hybridized carbons (Fsp3) is 0.714. The highest BCUT2D eigenvalue weighted by Gasteiger charge is 2.23. The third kappa shape index (κ3) is 3.04. The maximum Gasteiger partial charge on any atom is 0.254 e. The Balaban J connectivity index is 2.30. The molecule has 1 unspecified atom stereocenters. The lowest BCUT2D eigenvalue weighted by Crippen LogP contribution is -2.45. The highest BCUT2D eigenvalue weighted by atomic mass is 16.1. The van der Waals surface area contributed by atoms with E-state index in [0.29, 0.717) is 0 Å². The maximum atomic E-state index is 12.1. The minimum Gasteiger partial charge on any atom is -0.314 e. The fourth-order valence-electron chi connectivity index (χ4n) is 2.82. The van der Waals surface area contributed by atoms with Crippen molar-refractivity contribution in [1.29, 1.82) is 0 Å². The van der Waals surface area contributed by atoms with Crippen LogP contribution in [0.15, 0.2) is 4.79 Å². The SMILES string of the molecule is CCc1c(C)nc(C(CC)N2CCNCC2)[nH]c1=O. The highest BCUT2D eigenvalue weighted by molar-refractivity contribution is 5.17. The zero-order valence-electron chi connectivity index (χ0n) is 12.1. The van der Waals surface area contributed by atoms with E-state index in [-0.39, 0.29) is 11.6 Å². The van der Waals surface area contributed by atoms with Gasteiger partial charge in [0.2, 0.25) is 0 Å². The number of rotatable bonds is 4. The van der Waals surface area contributed by atoms with Gasteiger partial charge >= 0.3 is 0 Å².